The quantitative estimate of drug-likeness (QED) is 0.779. The summed E-state index contributed by atoms with van der Waals surface area (Å²) in [6, 6.07) is 0.286. The van der Waals surface area contributed by atoms with Gasteiger partial charge in [-0.15, -0.1) is 0 Å². The summed E-state index contributed by atoms with van der Waals surface area (Å²) in [6.07, 6.45) is 3.11. The summed E-state index contributed by atoms with van der Waals surface area (Å²) in [4.78, 5) is 32.3. The standard InChI is InChI=1S/C16H21N3O4/c20-15(17-8-2-1-3-8)14-9-4-19(5-12(9)23-18-14)16(21)13-10-6-22-7-11(10)13/h8-13H,1-7H2,(H,17,20)/t9-,10-,11+,12+,13?/m0/s1. The molecule has 0 bridgehead atoms. The fraction of sp³-hybridized carbons (Fsp3) is 0.812. The Morgan fingerprint density at radius 3 is 2.65 bits per heavy atom. The molecule has 1 unspecified atom stereocenters. The maximum Gasteiger partial charge on any atom is 0.269 e. The number of fused-ring (bicyclic) bond motifs is 2. The van der Waals surface area contributed by atoms with Gasteiger partial charge in [0.15, 0.2) is 11.8 Å². The fourth-order valence-corrected chi connectivity index (χ4v) is 4.35. The normalized spacial score (nSPS) is 40.8. The maximum atomic E-state index is 12.6. The number of oxime groups is 1. The van der Waals surface area contributed by atoms with Crippen molar-refractivity contribution in [3.8, 4) is 0 Å². The molecule has 23 heavy (non-hydrogen) atoms. The van der Waals surface area contributed by atoms with Gasteiger partial charge in [-0.05, 0) is 31.1 Å². The van der Waals surface area contributed by atoms with Crippen molar-refractivity contribution in [3.05, 3.63) is 0 Å². The second kappa shape index (κ2) is 4.93. The Hall–Kier alpha value is -1.63. The Bertz CT molecular complexity index is 578. The first-order chi connectivity index (χ1) is 11.2. The molecule has 5 aliphatic rings. The van der Waals surface area contributed by atoms with Crippen molar-refractivity contribution in [1.29, 1.82) is 0 Å². The average Bonchev–Trinajstić information content (AvgIpc) is 2.94. The molecule has 2 amide bonds. The van der Waals surface area contributed by atoms with Crippen molar-refractivity contribution >= 4 is 17.5 Å². The highest BCUT2D eigenvalue weighted by molar-refractivity contribution is 6.40. The van der Waals surface area contributed by atoms with Crippen LogP contribution in [0.15, 0.2) is 5.16 Å². The third-order valence-electron chi connectivity index (χ3n) is 6.13. The van der Waals surface area contributed by atoms with Crippen molar-refractivity contribution < 1.29 is 19.2 Å². The Morgan fingerprint density at radius 1 is 1.17 bits per heavy atom. The second-order valence-electron chi connectivity index (χ2n) is 7.46. The van der Waals surface area contributed by atoms with E-state index in [1.54, 1.807) is 0 Å². The molecule has 124 valence electrons. The monoisotopic (exact) mass is 319 g/mol. The fourth-order valence-electron chi connectivity index (χ4n) is 4.35. The van der Waals surface area contributed by atoms with Gasteiger partial charge < -0.3 is 19.8 Å². The highest BCUT2D eigenvalue weighted by atomic mass is 16.6. The minimum atomic E-state index is -0.157. The molecule has 3 heterocycles. The molecular weight excluding hydrogens is 298 g/mol. The highest BCUT2D eigenvalue weighted by Crippen LogP contribution is 2.52. The van der Waals surface area contributed by atoms with Crippen LogP contribution >= 0.6 is 0 Å². The van der Waals surface area contributed by atoms with Crippen LogP contribution in [0.25, 0.3) is 0 Å². The number of carbonyl (C=O) groups excluding carboxylic acids is 2. The zero-order valence-corrected chi connectivity index (χ0v) is 12.9. The lowest BCUT2D eigenvalue weighted by molar-refractivity contribution is -0.133. The van der Waals surface area contributed by atoms with Crippen LogP contribution in [0.2, 0.25) is 0 Å². The van der Waals surface area contributed by atoms with Gasteiger partial charge in [0.05, 0.1) is 25.7 Å². The van der Waals surface area contributed by atoms with E-state index in [4.69, 9.17) is 9.57 Å². The van der Waals surface area contributed by atoms with Crippen molar-refractivity contribution in [2.24, 2.45) is 28.8 Å². The first-order valence-corrected chi connectivity index (χ1v) is 8.63. The number of rotatable bonds is 3. The van der Waals surface area contributed by atoms with E-state index in [0.717, 1.165) is 26.1 Å². The molecule has 3 aliphatic heterocycles. The summed E-state index contributed by atoms with van der Waals surface area (Å²) >= 11 is 0. The highest BCUT2D eigenvalue weighted by Gasteiger charge is 2.60. The van der Waals surface area contributed by atoms with Gasteiger partial charge >= 0.3 is 0 Å². The predicted octanol–water partition coefficient (Wildman–Crippen LogP) is -0.239. The van der Waals surface area contributed by atoms with Crippen LogP contribution in [0.3, 0.4) is 0 Å². The minimum Gasteiger partial charge on any atom is -0.389 e. The summed E-state index contributed by atoms with van der Waals surface area (Å²) in [6.45, 7) is 2.53. The predicted molar refractivity (Wildman–Crippen MR) is 79.4 cm³/mol. The zero-order chi connectivity index (χ0) is 15.6. The number of nitrogens with one attached hydrogen (secondary N) is 1. The lowest BCUT2D eigenvalue weighted by Crippen LogP contribution is -2.45. The van der Waals surface area contributed by atoms with Gasteiger partial charge in [0.2, 0.25) is 5.91 Å². The Morgan fingerprint density at radius 2 is 1.96 bits per heavy atom. The Balaban J connectivity index is 1.22. The molecule has 5 rings (SSSR count). The summed E-state index contributed by atoms with van der Waals surface area (Å²) in [5.41, 5.74) is 0.469. The number of carbonyl (C=O) groups is 2. The third kappa shape index (κ3) is 2.09. The Kier molecular flexibility index (Phi) is 2.95. The topological polar surface area (TPSA) is 80.2 Å². The molecule has 2 saturated heterocycles. The van der Waals surface area contributed by atoms with Crippen molar-refractivity contribution in [2.75, 3.05) is 26.3 Å². The van der Waals surface area contributed by atoms with Crippen LogP contribution in [0.4, 0.5) is 0 Å². The lowest BCUT2D eigenvalue weighted by Gasteiger charge is -2.26. The third-order valence-corrected chi connectivity index (χ3v) is 6.13. The smallest absolute Gasteiger partial charge is 0.269 e. The van der Waals surface area contributed by atoms with Gasteiger partial charge in [-0.3, -0.25) is 9.59 Å². The van der Waals surface area contributed by atoms with Crippen LogP contribution in [0, 0.1) is 23.7 Å². The van der Waals surface area contributed by atoms with Crippen LogP contribution in [0.5, 0.6) is 0 Å². The Labute approximate surface area is 134 Å². The van der Waals surface area contributed by atoms with E-state index >= 15 is 0 Å². The first kappa shape index (κ1) is 13.8. The number of nitrogens with zero attached hydrogens (tertiary/aromatic N) is 2. The molecule has 0 radical (unpaired) electrons. The number of hydrogen-bond acceptors (Lipinski definition) is 5. The molecule has 0 aromatic heterocycles. The summed E-state index contributed by atoms with van der Waals surface area (Å²) in [7, 11) is 0. The molecule has 1 N–H and O–H groups in total. The van der Waals surface area contributed by atoms with Crippen molar-refractivity contribution in [3.63, 3.8) is 0 Å². The zero-order valence-electron chi connectivity index (χ0n) is 12.9. The summed E-state index contributed by atoms with van der Waals surface area (Å²) in [5.74, 6) is 0.978. The number of hydrogen-bond donors (Lipinski definition) is 1. The molecule has 7 nitrogen and oxygen atoms in total. The van der Waals surface area contributed by atoms with Crippen LogP contribution < -0.4 is 5.32 Å². The van der Waals surface area contributed by atoms with Crippen LogP contribution in [-0.2, 0) is 19.2 Å². The summed E-state index contributed by atoms with van der Waals surface area (Å²) < 4.78 is 5.36. The van der Waals surface area contributed by atoms with E-state index in [0.29, 0.717) is 30.6 Å². The average molecular weight is 319 g/mol. The second-order valence-corrected chi connectivity index (χ2v) is 7.46. The molecule has 0 spiro atoms. The molecule has 0 aromatic rings. The SMILES string of the molecule is O=C(NC1CCC1)C1=NO[C@@H]2CN(C(=O)C3[C@H]4COC[C@@H]34)C[C@H]12. The van der Waals surface area contributed by atoms with Gasteiger partial charge in [-0.25, -0.2) is 0 Å². The van der Waals surface area contributed by atoms with E-state index in [2.05, 4.69) is 10.5 Å². The summed E-state index contributed by atoms with van der Waals surface area (Å²) in [5, 5.41) is 7.00. The van der Waals surface area contributed by atoms with Crippen molar-refractivity contribution in [2.45, 2.75) is 31.4 Å². The molecule has 4 fully saturated rings. The molecular formula is C16H21N3O4. The van der Waals surface area contributed by atoms with Crippen LogP contribution in [-0.4, -0.2) is 60.9 Å². The molecule has 5 atom stereocenters. The van der Waals surface area contributed by atoms with Gasteiger partial charge in [0.25, 0.3) is 5.91 Å². The number of amides is 2. The van der Waals surface area contributed by atoms with E-state index in [1.807, 2.05) is 4.90 Å². The van der Waals surface area contributed by atoms with Gasteiger partial charge in [0.1, 0.15) is 0 Å². The minimum absolute atomic E-state index is 0.0751. The molecule has 0 aromatic carbocycles. The van der Waals surface area contributed by atoms with E-state index < -0.39 is 0 Å². The van der Waals surface area contributed by atoms with Crippen molar-refractivity contribution in [1.82, 2.24) is 10.2 Å². The van der Waals surface area contributed by atoms with Crippen LogP contribution in [0.1, 0.15) is 19.3 Å². The largest absolute Gasteiger partial charge is 0.389 e. The molecule has 2 saturated carbocycles. The maximum absolute atomic E-state index is 12.6. The van der Waals surface area contributed by atoms with Gasteiger partial charge in [0, 0.05) is 18.5 Å². The van der Waals surface area contributed by atoms with Gasteiger partial charge in [-0.2, -0.15) is 0 Å². The van der Waals surface area contributed by atoms with Gasteiger partial charge in [-0.1, -0.05) is 5.16 Å². The number of likely N-dealkylation sites (tertiary alicyclic amines) is 1. The first-order valence-electron chi connectivity index (χ1n) is 8.63. The molecule has 2 aliphatic carbocycles. The van der Waals surface area contributed by atoms with E-state index in [1.165, 1.54) is 6.42 Å². The van der Waals surface area contributed by atoms with E-state index in [-0.39, 0.29) is 35.8 Å². The number of ether oxygens (including phenoxy) is 1. The lowest BCUT2D eigenvalue weighted by atomic mass is 9.92. The molecule has 7 heteroatoms. The van der Waals surface area contributed by atoms with E-state index in [9.17, 15) is 9.59 Å².